The Hall–Kier alpha value is -3.13. The van der Waals surface area contributed by atoms with Crippen LogP contribution < -0.4 is 20.3 Å². The molecule has 3 amide bonds. The number of carbonyl (C=O) groups excluding carboxylic acids is 2. The van der Waals surface area contributed by atoms with Crippen LogP contribution in [0.15, 0.2) is 36.4 Å². The van der Waals surface area contributed by atoms with Gasteiger partial charge in [0.15, 0.2) is 11.5 Å². The monoisotopic (exact) mass is 444 g/mol. The maximum Gasteiger partial charge on any atom is 0.322 e. The molecular formula is C22H25ClN4O4. The molecule has 1 saturated heterocycles. The van der Waals surface area contributed by atoms with Gasteiger partial charge in [0.1, 0.15) is 0 Å². The fourth-order valence-corrected chi connectivity index (χ4v) is 3.95. The van der Waals surface area contributed by atoms with Gasteiger partial charge >= 0.3 is 6.03 Å². The van der Waals surface area contributed by atoms with Crippen molar-refractivity contribution >= 4 is 34.9 Å². The number of hydrogen-bond donors (Lipinski definition) is 3. The number of phenolic OH excluding ortho intramolecular Hbond substituents is 1. The van der Waals surface area contributed by atoms with E-state index in [2.05, 4.69) is 10.6 Å². The number of urea groups is 1. The van der Waals surface area contributed by atoms with E-state index < -0.39 is 0 Å². The standard InChI is InChI=1S/C22H25ClN4O4/c1-31-20-10-14(2-7-19(20)28)12-27(16-4-5-16)22(30)25-15-3-6-18(17(23)11-15)26-9-8-24-21(29)13-26/h2-3,6-7,10-11,16,28H,4-5,8-9,12-13H2,1H3,(H,24,29)(H,25,30). The smallest absolute Gasteiger partial charge is 0.322 e. The number of methoxy groups -OCH3 is 1. The lowest BCUT2D eigenvalue weighted by Gasteiger charge is -2.29. The topological polar surface area (TPSA) is 94.1 Å². The molecule has 2 aromatic rings. The molecule has 8 nitrogen and oxygen atoms in total. The van der Waals surface area contributed by atoms with Crippen LogP contribution in [0.2, 0.25) is 5.02 Å². The van der Waals surface area contributed by atoms with E-state index in [1.165, 1.54) is 7.11 Å². The number of ether oxygens (including phenoxy) is 1. The van der Waals surface area contributed by atoms with E-state index in [1.54, 1.807) is 35.2 Å². The summed E-state index contributed by atoms with van der Waals surface area (Å²) in [4.78, 5) is 28.3. The zero-order chi connectivity index (χ0) is 22.0. The fraction of sp³-hybridized carbons (Fsp3) is 0.364. The van der Waals surface area contributed by atoms with Crippen molar-refractivity contribution in [1.82, 2.24) is 10.2 Å². The first-order valence-corrected chi connectivity index (χ1v) is 10.6. The van der Waals surface area contributed by atoms with Gasteiger partial charge in [-0.3, -0.25) is 4.79 Å². The van der Waals surface area contributed by atoms with E-state index in [-0.39, 0.29) is 30.3 Å². The molecule has 1 aliphatic carbocycles. The van der Waals surface area contributed by atoms with Crippen molar-refractivity contribution in [3.05, 3.63) is 47.0 Å². The molecule has 2 aromatic carbocycles. The van der Waals surface area contributed by atoms with Crippen LogP contribution in [0, 0.1) is 0 Å². The van der Waals surface area contributed by atoms with Gasteiger partial charge < -0.3 is 30.3 Å². The van der Waals surface area contributed by atoms with Gasteiger partial charge in [0, 0.05) is 31.4 Å². The number of anilines is 2. The van der Waals surface area contributed by atoms with Crippen LogP contribution in [0.3, 0.4) is 0 Å². The Bertz CT molecular complexity index is 995. The van der Waals surface area contributed by atoms with Gasteiger partial charge in [-0.15, -0.1) is 0 Å². The number of hydrogen-bond acceptors (Lipinski definition) is 5. The first kappa shape index (κ1) is 21.1. The Kier molecular flexibility index (Phi) is 6.08. The van der Waals surface area contributed by atoms with E-state index in [1.807, 2.05) is 11.0 Å². The number of carbonyl (C=O) groups is 2. The summed E-state index contributed by atoms with van der Waals surface area (Å²) in [5, 5.41) is 16.0. The lowest BCUT2D eigenvalue weighted by molar-refractivity contribution is -0.120. The van der Waals surface area contributed by atoms with Crippen molar-refractivity contribution in [3.8, 4) is 11.5 Å². The fourth-order valence-electron chi connectivity index (χ4n) is 3.65. The van der Waals surface area contributed by atoms with Crippen LogP contribution in [-0.2, 0) is 11.3 Å². The zero-order valence-electron chi connectivity index (χ0n) is 17.2. The number of nitrogens with one attached hydrogen (secondary N) is 2. The third kappa shape index (κ3) is 4.96. The van der Waals surface area contributed by atoms with Gasteiger partial charge in [-0.05, 0) is 48.7 Å². The molecule has 2 fully saturated rings. The molecule has 3 N–H and O–H groups in total. The summed E-state index contributed by atoms with van der Waals surface area (Å²) in [7, 11) is 1.49. The number of piperazine rings is 1. The number of nitrogens with zero attached hydrogens (tertiary/aromatic N) is 2. The highest BCUT2D eigenvalue weighted by Gasteiger charge is 2.33. The summed E-state index contributed by atoms with van der Waals surface area (Å²) in [6, 6.07) is 10.4. The van der Waals surface area contributed by atoms with E-state index >= 15 is 0 Å². The van der Waals surface area contributed by atoms with Crippen LogP contribution in [0.1, 0.15) is 18.4 Å². The maximum atomic E-state index is 13.0. The molecule has 0 aromatic heterocycles. The molecule has 9 heteroatoms. The van der Waals surface area contributed by atoms with Crippen LogP contribution >= 0.6 is 11.6 Å². The molecule has 2 aliphatic rings. The van der Waals surface area contributed by atoms with Crippen LogP contribution in [0.25, 0.3) is 0 Å². The predicted octanol–water partition coefficient (Wildman–Crippen LogP) is 3.19. The zero-order valence-corrected chi connectivity index (χ0v) is 18.0. The molecule has 164 valence electrons. The van der Waals surface area contributed by atoms with Crippen LogP contribution in [0.4, 0.5) is 16.2 Å². The average molecular weight is 445 g/mol. The molecule has 0 radical (unpaired) electrons. The Morgan fingerprint density at radius 1 is 1.32 bits per heavy atom. The van der Waals surface area contributed by atoms with Crippen molar-refractivity contribution in [1.29, 1.82) is 0 Å². The summed E-state index contributed by atoms with van der Waals surface area (Å²) in [5.41, 5.74) is 2.23. The second-order valence-electron chi connectivity index (χ2n) is 7.73. The summed E-state index contributed by atoms with van der Waals surface area (Å²) in [6.07, 6.45) is 1.92. The normalized spacial score (nSPS) is 15.9. The summed E-state index contributed by atoms with van der Waals surface area (Å²) in [5.74, 6) is 0.405. The lowest BCUT2D eigenvalue weighted by Crippen LogP contribution is -2.47. The van der Waals surface area contributed by atoms with E-state index in [0.717, 1.165) is 24.1 Å². The second kappa shape index (κ2) is 8.93. The number of benzene rings is 2. The van der Waals surface area contributed by atoms with Crippen LogP contribution in [-0.4, -0.2) is 54.7 Å². The third-order valence-corrected chi connectivity index (χ3v) is 5.73. The SMILES string of the molecule is COc1cc(CN(C(=O)Nc2ccc(N3CCNC(=O)C3)c(Cl)c2)C2CC2)ccc1O. The number of amides is 3. The minimum absolute atomic E-state index is 0.0365. The number of halogens is 1. The Morgan fingerprint density at radius 3 is 2.81 bits per heavy atom. The minimum Gasteiger partial charge on any atom is -0.504 e. The summed E-state index contributed by atoms with van der Waals surface area (Å²) < 4.78 is 5.17. The third-order valence-electron chi connectivity index (χ3n) is 5.42. The molecule has 1 heterocycles. The van der Waals surface area contributed by atoms with Gasteiger partial charge in [0.25, 0.3) is 0 Å². The number of rotatable bonds is 6. The maximum absolute atomic E-state index is 13.0. The number of aromatic hydroxyl groups is 1. The Labute approximate surface area is 185 Å². The quantitative estimate of drug-likeness (QED) is 0.636. The molecule has 1 aliphatic heterocycles. The Balaban J connectivity index is 1.45. The minimum atomic E-state index is -0.212. The molecule has 0 spiro atoms. The van der Waals surface area contributed by atoms with Crippen molar-refractivity contribution in [2.45, 2.75) is 25.4 Å². The molecular weight excluding hydrogens is 420 g/mol. The molecule has 0 bridgehead atoms. The van der Waals surface area contributed by atoms with Gasteiger partial charge in [-0.25, -0.2) is 4.79 Å². The first-order valence-electron chi connectivity index (χ1n) is 10.2. The van der Waals surface area contributed by atoms with Crippen molar-refractivity contribution in [2.24, 2.45) is 0 Å². The molecule has 4 rings (SSSR count). The molecule has 1 saturated carbocycles. The van der Waals surface area contributed by atoms with Crippen LogP contribution in [0.5, 0.6) is 11.5 Å². The second-order valence-corrected chi connectivity index (χ2v) is 8.14. The first-order chi connectivity index (χ1) is 14.9. The van der Waals surface area contributed by atoms with E-state index in [4.69, 9.17) is 16.3 Å². The summed E-state index contributed by atoms with van der Waals surface area (Å²) >= 11 is 6.45. The molecule has 0 atom stereocenters. The lowest BCUT2D eigenvalue weighted by atomic mass is 10.2. The highest BCUT2D eigenvalue weighted by molar-refractivity contribution is 6.33. The van der Waals surface area contributed by atoms with Gasteiger partial charge in [0.2, 0.25) is 5.91 Å². The van der Waals surface area contributed by atoms with E-state index in [0.29, 0.717) is 36.1 Å². The van der Waals surface area contributed by atoms with Gasteiger partial charge in [-0.1, -0.05) is 17.7 Å². The summed E-state index contributed by atoms with van der Waals surface area (Å²) in [6.45, 7) is 1.92. The Morgan fingerprint density at radius 2 is 2.13 bits per heavy atom. The predicted molar refractivity (Wildman–Crippen MR) is 119 cm³/mol. The van der Waals surface area contributed by atoms with Crippen molar-refractivity contribution in [2.75, 3.05) is 37.0 Å². The molecule has 0 unspecified atom stereocenters. The van der Waals surface area contributed by atoms with Gasteiger partial charge in [0.05, 0.1) is 24.4 Å². The highest BCUT2D eigenvalue weighted by atomic mass is 35.5. The van der Waals surface area contributed by atoms with Crippen molar-refractivity contribution < 1.29 is 19.4 Å². The van der Waals surface area contributed by atoms with Gasteiger partial charge in [-0.2, -0.15) is 0 Å². The van der Waals surface area contributed by atoms with E-state index in [9.17, 15) is 14.7 Å². The largest absolute Gasteiger partial charge is 0.504 e. The highest BCUT2D eigenvalue weighted by Crippen LogP contribution is 2.33. The molecule has 31 heavy (non-hydrogen) atoms. The van der Waals surface area contributed by atoms with Crippen molar-refractivity contribution in [3.63, 3.8) is 0 Å². The average Bonchev–Trinajstić information content (AvgIpc) is 3.58. The number of phenols is 1.